The van der Waals surface area contributed by atoms with Gasteiger partial charge in [0.2, 0.25) is 5.91 Å². The first kappa shape index (κ1) is 15.7. The Balaban J connectivity index is 4.15. The molecule has 2 N–H and O–H groups in total. The second kappa shape index (κ2) is 7.09. The van der Waals surface area contributed by atoms with E-state index in [1.54, 1.807) is 20.8 Å². The summed E-state index contributed by atoms with van der Waals surface area (Å²) in [5.74, 6) is -1.19. The molecular weight excluding hydrogens is 218 g/mol. The summed E-state index contributed by atoms with van der Waals surface area (Å²) in [6.07, 6.45) is 4.73. The number of hydrogen-bond donors (Lipinski definition) is 2. The smallest absolute Gasteiger partial charge is 0.326 e. The SMILES string of the molecule is C=CCCCCC(=O)N[C@H](C(=O)O)C(C)(C)C. The average molecular weight is 241 g/mol. The van der Waals surface area contributed by atoms with Gasteiger partial charge in [-0.2, -0.15) is 0 Å². The lowest BCUT2D eigenvalue weighted by Gasteiger charge is -2.27. The van der Waals surface area contributed by atoms with E-state index < -0.39 is 17.4 Å². The van der Waals surface area contributed by atoms with E-state index in [4.69, 9.17) is 5.11 Å². The van der Waals surface area contributed by atoms with Gasteiger partial charge in [-0.3, -0.25) is 4.79 Å². The van der Waals surface area contributed by atoms with Crippen molar-refractivity contribution in [1.29, 1.82) is 0 Å². The van der Waals surface area contributed by atoms with Crippen molar-refractivity contribution < 1.29 is 14.7 Å². The van der Waals surface area contributed by atoms with Crippen LogP contribution >= 0.6 is 0 Å². The Morgan fingerprint density at radius 2 is 1.94 bits per heavy atom. The van der Waals surface area contributed by atoms with Crippen LogP contribution in [0, 0.1) is 5.41 Å². The van der Waals surface area contributed by atoms with Crippen molar-refractivity contribution in [3.8, 4) is 0 Å². The van der Waals surface area contributed by atoms with E-state index in [1.807, 2.05) is 6.08 Å². The molecule has 0 radical (unpaired) electrons. The molecule has 0 spiro atoms. The summed E-state index contributed by atoms with van der Waals surface area (Å²) in [6.45, 7) is 8.99. The van der Waals surface area contributed by atoms with Gasteiger partial charge >= 0.3 is 5.97 Å². The molecule has 17 heavy (non-hydrogen) atoms. The van der Waals surface area contributed by atoms with Gasteiger partial charge in [0.1, 0.15) is 6.04 Å². The first-order chi connectivity index (χ1) is 7.79. The molecule has 1 amide bonds. The van der Waals surface area contributed by atoms with Gasteiger partial charge in [0.25, 0.3) is 0 Å². The van der Waals surface area contributed by atoms with Crippen LogP contribution < -0.4 is 5.32 Å². The summed E-state index contributed by atoms with van der Waals surface area (Å²) in [5, 5.41) is 11.6. The Labute approximate surface area is 103 Å². The maximum atomic E-state index is 11.6. The minimum atomic E-state index is -0.989. The molecule has 0 aromatic carbocycles. The zero-order valence-corrected chi connectivity index (χ0v) is 11.0. The molecule has 0 fully saturated rings. The first-order valence-electron chi connectivity index (χ1n) is 5.92. The Morgan fingerprint density at radius 3 is 2.35 bits per heavy atom. The molecule has 0 saturated carbocycles. The second-order valence-corrected chi connectivity index (χ2v) is 5.24. The van der Waals surface area contributed by atoms with Gasteiger partial charge in [0.05, 0.1) is 0 Å². The van der Waals surface area contributed by atoms with Crippen molar-refractivity contribution in [2.45, 2.75) is 52.5 Å². The summed E-state index contributed by atoms with van der Waals surface area (Å²) in [4.78, 5) is 22.6. The van der Waals surface area contributed by atoms with Crippen LogP contribution in [0.15, 0.2) is 12.7 Å². The van der Waals surface area contributed by atoms with Crippen molar-refractivity contribution >= 4 is 11.9 Å². The number of aliphatic carboxylic acids is 1. The summed E-state index contributed by atoms with van der Waals surface area (Å²) < 4.78 is 0. The molecule has 0 rings (SSSR count). The quantitative estimate of drug-likeness (QED) is 0.531. The molecule has 4 heteroatoms. The number of rotatable bonds is 7. The second-order valence-electron chi connectivity index (χ2n) is 5.24. The minimum Gasteiger partial charge on any atom is -0.480 e. The van der Waals surface area contributed by atoms with Gasteiger partial charge in [0.15, 0.2) is 0 Å². The van der Waals surface area contributed by atoms with E-state index in [1.165, 1.54) is 0 Å². The third-order valence-electron chi connectivity index (χ3n) is 2.48. The summed E-state index contributed by atoms with van der Waals surface area (Å²) >= 11 is 0. The molecular formula is C13H23NO3. The number of carbonyl (C=O) groups excluding carboxylic acids is 1. The van der Waals surface area contributed by atoms with Crippen molar-refractivity contribution in [2.24, 2.45) is 5.41 Å². The van der Waals surface area contributed by atoms with Crippen LogP contribution in [0.5, 0.6) is 0 Å². The van der Waals surface area contributed by atoms with E-state index >= 15 is 0 Å². The molecule has 0 heterocycles. The standard InChI is InChI=1S/C13H23NO3/c1-5-6-7-8-9-10(15)14-11(12(16)17)13(2,3)4/h5,11H,1,6-9H2,2-4H3,(H,14,15)(H,16,17)/t11-/m1/s1. The van der Waals surface area contributed by atoms with Gasteiger partial charge in [-0.25, -0.2) is 4.79 Å². The van der Waals surface area contributed by atoms with Crippen LogP contribution in [0.2, 0.25) is 0 Å². The number of unbranched alkanes of at least 4 members (excludes halogenated alkanes) is 2. The number of carbonyl (C=O) groups is 2. The van der Waals surface area contributed by atoms with Gasteiger partial charge in [-0.15, -0.1) is 6.58 Å². The van der Waals surface area contributed by atoms with Crippen LogP contribution in [0.1, 0.15) is 46.5 Å². The van der Waals surface area contributed by atoms with Crippen LogP contribution in [-0.2, 0) is 9.59 Å². The van der Waals surface area contributed by atoms with E-state index in [2.05, 4.69) is 11.9 Å². The Hall–Kier alpha value is -1.32. The van der Waals surface area contributed by atoms with Gasteiger partial charge in [-0.05, 0) is 24.7 Å². The lowest BCUT2D eigenvalue weighted by atomic mass is 9.86. The monoisotopic (exact) mass is 241 g/mol. The fraction of sp³-hybridized carbons (Fsp3) is 0.692. The fourth-order valence-electron chi connectivity index (χ4n) is 1.46. The van der Waals surface area contributed by atoms with Gasteiger partial charge < -0.3 is 10.4 Å². The zero-order valence-electron chi connectivity index (χ0n) is 11.0. The van der Waals surface area contributed by atoms with Gasteiger partial charge in [0, 0.05) is 6.42 Å². The predicted octanol–water partition coefficient (Wildman–Crippen LogP) is 2.35. The number of allylic oxidation sites excluding steroid dienone is 1. The highest BCUT2D eigenvalue weighted by molar-refractivity contribution is 5.84. The first-order valence-corrected chi connectivity index (χ1v) is 5.92. The molecule has 0 aromatic heterocycles. The average Bonchev–Trinajstić information content (AvgIpc) is 2.19. The Kier molecular flexibility index (Phi) is 6.54. The molecule has 0 aliphatic rings. The fourth-order valence-corrected chi connectivity index (χ4v) is 1.46. The number of carboxylic acids is 1. The highest BCUT2D eigenvalue weighted by Crippen LogP contribution is 2.19. The van der Waals surface area contributed by atoms with E-state index in [9.17, 15) is 9.59 Å². The van der Waals surface area contributed by atoms with Crippen LogP contribution in [0.4, 0.5) is 0 Å². The van der Waals surface area contributed by atoms with Crippen molar-refractivity contribution in [2.75, 3.05) is 0 Å². The van der Waals surface area contributed by atoms with E-state index in [0.717, 1.165) is 19.3 Å². The molecule has 0 aliphatic heterocycles. The van der Waals surface area contributed by atoms with Gasteiger partial charge in [-0.1, -0.05) is 26.8 Å². The lowest BCUT2D eigenvalue weighted by Crippen LogP contribution is -2.49. The highest BCUT2D eigenvalue weighted by atomic mass is 16.4. The largest absolute Gasteiger partial charge is 0.480 e. The zero-order chi connectivity index (χ0) is 13.5. The Bertz CT molecular complexity index is 279. The molecule has 0 bridgehead atoms. The number of amides is 1. The third-order valence-corrected chi connectivity index (χ3v) is 2.48. The van der Waals surface area contributed by atoms with Crippen molar-refractivity contribution in [3.05, 3.63) is 12.7 Å². The van der Waals surface area contributed by atoms with Crippen molar-refractivity contribution in [1.82, 2.24) is 5.32 Å². The highest BCUT2D eigenvalue weighted by Gasteiger charge is 2.32. The van der Waals surface area contributed by atoms with E-state index in [0.29, 0.717) is 6.42 Å². The predicted molar refractivity (Wildman–Crippen MR) is 67.7 cm³/mol. The molecule has 98 valence electrons. The van der Waals surface area contributed by atoms with Crippen LogP contribution in [0.3, 0.4) is 0 Å². The maximum Gasteiger partial charge on any atom is 0.326 e. The van der Waals surface area contributed by atoms with Crippen LogP contribution in [-0.4, -0.2) is 23.0 Å². The molecule has 0 aromatic rings. The molecule has 0 unspecified atom stereocenters. The summed E-state index contributed by atoms with van der Waals surface area (Å²) in [7, 11) is 0. The van der Waals surface area contributed by atoms with E-state index in [-0.39, 0.29) is 5.91 Å². The third kappa shape index (κ3) is 6.76. The molecule has 1 atom stereocenters. The normalized spacial score (nSPS) is 12.9. The number of carboxylic acid groups (broad SMARTS) is 1. The maximum absolute atomic E-state index is 11.6. The lowest BCUT2D eigenvalue weighted by molar-refractivity contribution is -0.144. The number of hydrogen-bond acceptors (Lipinski definition) is 2. The van der Waals surface area contributed by atoms with Crippen LogP contribution in [0.25, 0.3) is 0 Å². The molecule has 4 nitrogen and oxygen atoms in total. The molecule has 0 saturated heterocycles. The molecule has 0 aliphatic carbocycles. The topological polar surface area (TPSA) is 66.4 Å². The minimum absolute atomic E-state index is 0.198. The Morgan fingerprint density at radius 1 is 1.35 bits per heavy atom. The van der Waals surface area contributed by atoms with Crippen molar-refractivity contribution in [3.63, 3.8) is 0 Å². The summed E-state index contributed by atoms with van der Waals surface area (Å²) in [5.41, 5.74) is -0.484. The number of nitrogens with one attached hydrogen (secondary N) is 1. The summed E-state index contributed by atoms with van der Waals surface area (Å²) in [6, 6.07) is -0.839.